The van der Waals surface area contributed by atoms with Crippen molar-refractivity contribution < 1.29 is 23.8 Å². The first-order valence-electron chi connectivity index (χ1n) is 8.58. The summed E-state index contributed by atoms with van der Waals surface area (Å²) < 4.78 is 11.1. The van der Waals surface area contributed by atoms with E-state index < -0.39 is 11.9 Å². The molecule has 1 heterocycles. The molecule has 7 heteroatoms. The lowest BCUT2D eigenvalue weighted by atomic mass is 9.91. The van der Waals surface area contributed by atoms with Gasteiger partial charge in [0.25, 0.3) is 0 Å². The third-order valence-corrected chi connectivity index (χ3v) is 4.89. The van der Waals surface area contributed by atoms with Crippen LogP contribution in [0.4, 0.5) is 0 Å². The summed E-state index contributed by atoms with van der Waals surface area (Å²) in [4.78, 5) is 35.2. The van der Waals surface area contributed by atoms with Gasteiger partial charge in [-0.1, -0.05) is 34.1 Å². The van der Waals surface area contributed by atoms with Gasteiger partial charge in [0.15, 0.2) is 5.43 Å². The van der Waals surface area contributed by atoms with E-state index in [1.165, 1.54) is 18.2 Å². The Kier molecular flexibility index (Phi) is 4.90. The van der Waals surface area contributed by atoms with Gasteiger partial charge in [0.1, 0.15) is 22.4 Å². The van der Waals surface area contributed by atoms with Gasteiger partial charge in [-0.25, -0.2) is 4.79 Å². The molecule has 1 N–H and O–H groups in total. The van der Waals surface area contributed by atoms with Gasteiger partial charge in [0.05, 0.1) is 5.56 Å². The Hall–Kier alpha value is -3.45. The SMILES string of the molecule is O=C(CBr)Oc1ccc2c(-c3ccccc3C(=O)O)c3ccc(=O)cc-3oc2c1. The van der Waals surface area contributed by atoms with Crippen LogP contribution >= 0.6 is 15.9 Å². The number of alkyl halides is 1. The number of hydrogen-bond acceptors (Lipinski definition) is 5. The molecule has 0 bridgehead atoms. The van der Waals surface area contributed by atoms with Gasteiger partial charge in [-0.3, -0.25) is 9.59 Å². The Bertz CT molecular complexity index is 1290. The molecule has 2 aromatic rings. The van der Waals surface area contributed by atoms with E-state index in [0.29, 0.717) is 33.4 Å². The normalized spacial score (nSPS) is 10.9. The summed E-state index contributed by atoms with van der Waals surface area (Å²) in [6.07, 6.45) is 0. The van der Waals surface area contributed by atoms with Crippen molar-refractivity contribution in [3.8, 4) is 28.2 Å². The van der Waals surface area contributed by atoms with Gasteiger partial charge in [0, 0.05) is 28.6 Å². The van der Waals surface area contributed by atoms with Gasteiger partial charge in [-0.2, -0.15) is 0 Å². The fourth-order valence-corrected chi connectivity index (χ4v) is 3.37. The van der Waals surface area contributed by atoms with Crippen LogP contribution in [0.15, 0.2) is 69.9 Å². The molecule has 0 spiro atoms. The maximum atomic E-state index is 11.9. The molecule has 1 aliphatic carbocycles. The minimum atomic E-state index is -1.06. The molecule has 144 valence electrons. The summed E-state index contributed by atoms with van der Waals surface area (Å²) >= 11 is 3.04. The van der Waals surface area contributed by atoms with E-state index in [-0.39, 0.29) is 22.1 Å². The first-order valence-corrected chi connectivity index (χ1v) is 9.70. The number of rotatable bonds is 4. The first kappa shape index (κ1) is 18.9. The van der Waals surface area contributed by atoms with Crippen LogP contribution in [-0.2, 0) is 4.79 Å². The molecule has 0 saturated carbocycles. The van der Waals surface area contributed by atoms with Crippen LogP contribution in [0, 0.1) is 0 Å². The molecular weight excluding hydrogens is 440 g/mol. The van der Waals surface area contributed by atoms with E-state index in [1.54, 1.807) is 42.5 Å². The second-order valence-electron chi connectivity index (χ2n) is 6.25. The average molecular weight is 453 g/mol. The number of carbonyl (C=O) groups is 2. The van der Waals surface area contributed by atoms with E-state index in [1.807, 2.05) is 0 Å². The topological polar surface area (TPSA) is 93.8 Å². The van der Waals surface area contributed by atoms with Crippen molar-refractivity contribution in [2.24, 2.45) is 0 Å². The van der Waals surface area contributed by atoms with E-state index in [0.717, 1.165) is 0 Å². The first-order chi connectivity index (χ1) is 14.0. The minimum absolute atomic E-state index is 0.0384. The maximum Gasteiger partial charge on any atom is 0.336 e. The Morgan fingerprint density at radius 2 is 1.79 bits per heavy atom. The van der Waals surface area contributed by atoms with Crippen molar-refractivity contribution in [1.29, 1.82) is 0 Å². The number of hydrogen-bond donors (Lipinski definition) is 1. The number of ether oxygens (including phenoxy) is 1. The molecule has 0 saturated heterocycles. The molecule has 29 heavy (non-hydrogen) atoms. The van der Waals surface area contributed by atoms with E-state index in [2.05, 4.69) is 15.9 Å². The van der Waals surface area contributed by atoms with Crippen molar-refractivity contribution in [2.75, 3.05) is 5.33 Å². The molecule has 0 fully saturated rings. The number of aromatic carboxylic acids is 1. The summed E-state index contributed by atoms with van der Waals surface area (Å²) in [5, 5.41) is 10.3. The molecule has 1 aliphatic heterocycles. The lowest BCUT2D eigenvalue weighted by Crippen LogP contribution is -2.08. The molecule has 2 aliphatic rings. The van der Waals surface area contributed by atoms with Crippen LogP contribution < -0.4 is 10.2 Å². The lowest BCUT2D eigenvalue weighted by molar-refractivity contribution is -0.131. The summed E-state index contributed by atoms with van der Waals surface area (Å²) in [7, 11) is 0. The molecule has 2 aromatic carbocycles. The summed E-state index contributed by atoms with van der Waals surface area (Å²) in [6.45, 7) is 0. The summed E-state index contributed by atoms with van der Waals surface area (Å²) in [6, 6.07) is 15.9. The van der Waals surface area contributed by atoms with Crippen LogP contribution in [0.5, 0.6) is 5.75 Å². The van der Waals surface area contributed by atoms with Crippen molar-refractivity contribution in [3.05, 3.63) is 76.5 Å². The van der Waals surface area contributed by atoms with Crippen LogP contribution in [0.25, 0.3) is 33.4 Å². The largest absolute Gasteiger partial charge is 0.478 e. The maximum absolute atomic E-state index is 11.9. The van der Waals surface area contributed by atoms with Crippen LogP contribution in [-0.4, -0.2) is 22.4 Å². The Labute approximate surface area is 172 Å². The van der Waals surface area contributed by atoms with Crippen molar-refractivity contribution in [3.63, 3.8) is 0 Å². The van der Waals surface area contributed by atoms with Crippen molar-refractivity contribution in [1.82, 2.24) is 0 Å². The van der Waals surface area contributed by atoms with Crippen molar-refractivity contribution in [2.45, 2.75) is 0 Å². The van der Waals surface area contributed by atoms with E-state index in [9.17, 15) is 19.5 Å². The molecular formula is C22H13BrO6. The number of benzene rings is 3. The summed E-state index contributed by atoms with van der Waals surface area (Å²) in [5.74, 6) is -0.945. The molecule has 6 nitrogen and oxygen atoms in total. The number of esters is 1. The third kappa shape index (κ3) is 3.52. The number of fused-ring (bicyclic) bond motifs is 2. The molecule has 0 unspecified atom stereocenters. The molecule has 4 rings (SSSR count). The second-order valence-corrected chi connectivity index (χ2v) is 6.81. The predicted octanol–water partition coefficient (Wildman–Crippen LogP) is 4.56. The Balaban J connectivity index is 2.07. The monoisotopic (exact) mass is 452 g/mol. The quantitative estimate of drug-likeness (QED) is 0.211. The number of halogens is 1. The van der Waals surface area contributed by atoms with Crippen LogP contribution in [0.1, 0.15) is 10.4 Å². The van der Waals surface area contributed by atoms with Gasteiger partial charge < -0.3 is 14.3 Å². The standard InChI is InChI=1S/C22H13BrO6/c23-11-20(25)28-13-6-8-17-19(10-13)29-18-9-12(24)5-7-16(18)21(17)14-3-1-2-4-15(14)22(26)27/h1-10H,11H2,(H,26,27). The fourth-order valence-electron chi connectivity index (χ4n) is 3.25. The molecule has 0 atom stereocenters. The minimum Gasteiger partial charge on any atom is -0.478 e. The molecule has 0 amide bonds. The predicted molar refractivity (Wildman–Crippen MR) is 111 cm³/mol. The number of carboxylic acids is 1. The third-order valence-electron chi connectivity index (χ3n) is 4.43. The highest BCUT2D eigenvalue weighted by molar-refractivity contribution is 9.09. The number of carboxylic acid groups (broad SMARTS) is 1. The molecule has 0 radical (unpaired) electrons. The highest BCUT2D eigenvalue weighted by Gasteiger charge is 2.21. The molecule has 0 aromatic heterocycles. The number of carbonyl (C=O) groups excluding carboxylic acids is 1. The highest BCUT2D eigenvalue weighted by atomic mass is 79.9. The van der Waals surface area contributed by atoms with Crippen LogP contribution in [0.3, 0.4) is 0 Å². The Morgan fingerprint density at radius 3 is 2.55 bits per heavy atom. The van der Waals surface area contributed by atoms with Crippen molar-refractivity contribution >= 4 is 38.8 Å². The summed E-state index contributed by atoms with van der Waals surface area (Å²) in [5.41, 5.74) is 1.98. The zero-order valence-electron chi connectivity index (χ0n) is 14.8. The van der Waals surface area contributed by atoms with Crippen LogP contribution in [0.2, 0.25) is 0 Å². The fraction of sp³-hybridized carbons (Fsp3) is 0.0455. The Morgan fingerprint density at radius 1 is 1.00 bits per heavy atom. The smallest absolute Gasteiger partial charge is 0.336 e. The second kappa shape index (κ2) is 7.52. The van der Waals surface area contributed by atoms with Gasteiger partial charge >= 0.3 is 11.9 Å². The highest BCUT2D eigenvalue weighted by Crippen LogP contribution is 2.41. The lowest BCUT2D eigenvalue weighted by Gasteiger charge is -2.17. The van der Waals surface area contributed by atoms with Gasteiger partial charge in [0.2, 0.25) is 0 Å². The average Bonchev–Trinajstić information content (AvgIpc) is 2.71. The van der Waals surface area contributed by atoms with Gasteiger partial charge in [-0.05, 0) is 35.9 Å². The van der Waals surface area contributed by atoms with E-state index >= 15 is 0 Å². The zero-order chi connectivity index (χ0) is 20.5. The van der Waals surface area contributed by atoms with E-state index in [4.69, 9.17) is 9.15 Å². The zero-order valence-corrected chi connectivity index (χ0v) is 16.4. The van der Waals surface area contributed by atoms with Gasteiger partial charge in [-0.15, -0.1) is 0 Å².